The molecule has 1 aliphatic rings. The minimum Gasteiger partial charge on any atom is -0.497 e. The second kappa shape index (κ2) is 10.3. The van der Waals surface area contributed by atoms with E-state index in [2.05, 4.69) is 0 Å². The highest BCUT2D eigenvalue weighted by atomic mass is 32.2. The zero-order valence-electron chi connectivity index (χ0n) is 19.6. The predicted molar refractivity (Wildman–Crippen MR) is 134 cm³/mol. The van der Waals surface area contributed by atoms with Crippen molar-refractivity contribution in [3.8, 4) is 5.75 Å². The molecule has 34 heavy (non-hydrogen) atoms. The van der Waals surface area contributed by atoms with Crippen LogP contribution in [0.15, 0.2) is 83.8 Å². The van der Waals surface area contributed by atoms with Gasteiger partial charge in [-0.1, -0.05) is 36.4 Å². The van der Waals surface area contributed by atoms with Crippen molar-refractivity contribution in [2.75, 3.05) is 18.0 Å². The van der Waals surface area contributed by atoms with E-state index in [1.807, 2.05) is 42.2 Å². The SMILES string of the molecule is COc1ccc(N(Cc2ccccc2)S(=O)(=O)c2cccc(C(=O)N3CCCC[C@H]3C)c2)cc1. The van der Waals surface area contributed by atoms with Gasteiger partial charge in [-0.3, -0.25) is 9.10 Å². The molecule has 0 spiro atoms. The molecular formula is C27H30N2O4S. The quantitative estimate of drug-likeness (QED) is 0.474. The van der Waals surface area contributed by atoms with E-state index in [0.29, 0.717) is 23.5 Å². The molecule has 6 nitrogen and oxygen atoms in total. The number of ether oxygens (including phenoxy) is 1. The monoisotopic (exact) mass is 478 g/mol. The van der Waals surface area contributed by atoms with Crippen LogP contribution in [0.5, 0.6) is 5.75 Å². The van der Waals surface area contributed by atoms with Crippen LogP contribution in [0, 0.1) is 0 Å². The third kappa shape index (κ3) is 5.09. The number of benzene rings is 3. The van der Waals surface area contributed by atoms with Crippen LogP contribution in [0.2, 0.25) is 0 Å². The molecule has 0 aliphatic carbocycles. The van der Waals surface area contributed by atoms with Crippen molar-refractivity contribution in [3.05, 3.63) is 90.0 Å². The maximum Gasteiger partial charge on any atom is 0.264 e. The van der Waals surface area contributed by atoms with E-state index in [9.17, 15) is 13.2 Å². The standard InChI is InChI=1S/C27H30N2O4S/c1-21-9-6-7-18-28(21)27(30)23-12-8-13-26(19-23)34(31,32)29(20-22-10-4-3-5-11-22)24-14-16-25(33-2)17-15-24/h3-5,8,10-17,19,21H,6-7,9,18,20H2,1-2H3/t21-/m1/s1. The fourth-order valence-corrected chi connectivity index (χ4v) is 5.79. The van der Waals surface area contributed by atoms with Gasteiger partial charge in [0.25, 0.3) is 15.9 Å². The van der Waals surface area contributed by atoms with E-state index in [0.717, 1.165) is 24.8 Å². The molecule has 0 radical (unpaired) electrons. The molecule has 3 aromatic rings. The molecule has 1 amide bonds. The van der Waals surface area contributed by atoms with Crippen LogP contribution in [0.1, 0.15) is 42.1 Å². The zero-order valence-corrected chi connectivity index (χ0v) is 20.4. The number of carbonyl (C=O) groups excluding carboxylic acids is 1. The normalized spacial score (nSPS) is 16.2. The Bertz CT molecular complexity index is 1230. The summed E-state index contributed by atoms with van der Waals surface area (Å²) in [5.74, 6) is 0.521. The van der Waals surface area contributed by atoms with Crippen molar-refractivity contribution in [2.24, 2.45) is 0 Å². The van der Waals surface area contributed by atoms with Gasteiger partial charge in [-0.05, 0) is 74.2 Å². The Labute approximate surface area is 201 Å². The molecule has 1 atom stereocenters. The van der Waals surface area contributed by atoms with Crippen molar-refractivity contribution in [2.45, 2.75) is 43.7 Å². The number of likely N-dealkylation sites (tertiary alicyclic amines) is 1. The third-order valence-electron chi connectivity index (χ3n) is 6.26. The Morgan fingerprint density at radius 3 is 2.41 bits per heavy atom. The maximum atomic E-state index is 13.9. The average molecular weight is 479 g/mol. The van der Waals surface area contributed by atoms with Crippen LogP contribution >= 0.6 is 0 Å². The van der Waals surface area contributed by atoms with Crippen LogP contribution in [-0.4, -0.2) is 38.9 Å². The Morgan fingerprint density at radius 1 is 1.00 bits per heavy atom. The first kappa shape index (κ1) is 23.8. The Hall–Kier alpha value is -3.32. The Kier molecular flexibility index (Phi) is 7.22. The second-order valence-electron chi connectivity index (χ2n) is 8.57. The van der Waals surface area contributed by atoms with Gasteiger partial charge < -0.3 is 9.64 Å². The van der Waals surface area contributed by atoms with Crippen LogP contribution < -0.4 is 9.04 Å². The van der Waals surface area contributed by atoms with E-state index in [1.165, 1.54) is 10.4 Å². The summed E-state index contributed by atoms with van der Waals surface area (Å²) in [4.78, 5) is 15.1. The van der Waals surface area contributed by atoms with Crippen molar-refractivity contribution < 1.29 is 17.9 Å². The van der Waals surface area contributed by atoms with Crippen molar-refractivity contribution in [1.29, 1.82) is 0 Å². The number of carbonyl (C=O) groups is 1. The zero-order chi connectivity index (χ0) is 24.1. The van der Waals surface area contributed by atoms with E-state index >= 15 is 0 Å². The summed E-state index contributed by atoms with van der Waals surface area (Å²) >= 11 is 0. The van der Waals surface area contributed by atoms with Crippen LogP contribution in [0.4, 0.5) is 5.69 Å². The number of anilines is 1. The summed E-state index contributed by atoms with van der Waals surface area (Å²) in [5.41, 5.74) is 1.77. The van der Waals surface area contributed by atoms with E-state index < -0.39 is 10.0 Å². The highest BCUT2D eigenvalue weighted by Crippen LogP contribution is 2.29. The summed E-state index contributed by atoms with van der Waals surface area (Å²) in [6, 6.07) is 22.9. The minimum atomic E-state index is -3.95. The molecule has 7 heteroatoms. The van der Waals surface area contributed by atoms with Crippen molar-refractivity contribution >= 4 is 21.6 Å². The summed E-state index contributed by atoms with van der Waals surface area (Å²) in [5, 5.41) is 0. The number of amides is 1. The fourth-order valence-electron chi connectivity index (χ4n) is 4.30. The number of rotatable bonds is 7. The smallest absolute Gasteiger partial charge is 0.264 e. The van der Waals surface area contributed by atoms with Crippen LogP contribution in [-0.2, 0) is 16.6 Å². The Balaban J connectivity index is 1.71. The molecule has 1 heterocycles. The first-order chi connectivity index (χ1) is 16.4. The van der Waals surface area contributed by atoms with Crippen LogP contribution in [0.3, 0.4) is 0 Å². The van der Waals surface area contributed by atoms with Gasteiger partial charge in [0.05, 0.1) is 24.2 Å². The predicted octanol–water partition coefficient (Wildman–Crippen LogP) is 5.11. The number of piperidine rings is 1. The second-order valence-corrected chi connectivity index (χ2v) is 10.4. The number of hydrogen-bond donors (Lipinski definition) is 0. The van der Waals surface area contributed by atoms with Gasteiger partial charge in [0.1, 0.15) is 5.75 Å². The minimum absolute atomic E-state index is 0.0924. The number of sulfonamides is 1. The van der Waals surface area contributed by atoms with Gasteiger partial charge in [0, 0.05) is 18.2 Å². The molecule has 1 fully saturated rings. The Morgan fingerprint density at radius 2 is 1.74 bits per heavy atom. The molecule has 3 aromatic carbocycles. The lowest BCUT2D eigenvalue weighted by Gasteiger charge is -2.33. The van der Waals surface area contributed by atoms with Crippen molar-refractivity contribution in [3.63, 3.8) is 0 Å². The molecule has 0 bridgehead atoms. The van der Waals surface area contributed by atoms with Gasteiger partial charge in [0.15, 0.2) is 0 Å². The first-order valence-corrected chi connectivity index (χ1v) is 13.0. The number of nitrogens with zero attached hydrogens (tertiary/aromatic N) is 2. The number of methoxy groups -OCH3 is 1. The molecule has 1 saturated heterocycles. The average Bonchev–Trinajstić information content (AvgIpc) is 2.88. The summed E-state index contributed by atoms with van der Waals surface area (Å²) < 4.78 is 34.4. The highest BCUT2D eigenvalue weighted by molar-refractivity contribution is 7.92. The molecule has 0 N–H and O–H groups in total. The molecule has 0 saturated carbocycles. The fraction of sp³-hybridized carbons (Fsp3) is 0.296. The third-order valence-corrected chi connectivity index (χ3v) is 8.03. The van der Waals surface area contributed by atoms with Gasteiger partial charge >= 0.3 is 0 Å². The lowest BCUT2D eigenvalue weighted by molar-refractivity contribution is 0.0635. The summed E-state index contributed by atoms with van der Waals surface area (Å²) in [7, 11) is -2.38. The van der Waals surface area contributed by atoms with Gasteiger partial charge in [-0.15, -0.1) is 0 Å². The lowest BCUT2D eigenvalue weighted by Crippen LogP contribution is -2.42. The molecule has 0 unspecified atom stereocenters. The largest absolute Gasteiger partial charge is 0.497 e. The first-order valence-electron chi connectivity index (χ1n) is 11.5. The van der Waals surface area contributed by atoms with Gasteiger partial charge in [-0.2, -0.15) is 0 Å². The molecule has 178 valence electrons. The topological polar surface area (TPSA) is 66.9 Å². The van der Waals surface area contributed by atoms with E-state index in [1.54, 1.807) is 49.6 Å². The van der Waals surface area contributed by atoms with Crippen LogP contribution in [0.25, 0.3) is 0 Å². The van der Waals surface area contributed by atoms with Gasteiger partial charge in [0.2, 0.25) is 0 Å². The summed E-state index contributed by atoms with van der Waals surface area (Å²) in [6.45, 7) is 2.91. The van der Waals surface area contributed by atoms with E-state index in [4.69, 9.17) is 4.74 Å². The molecule has 0 aromatic heterocycles. The highest BCUT2D eigenvalue weighted by Gasteiger charge is 2.28. The molecular weight excluding hydrogens is 448 g/mol. The lowest BCUT2D eigenvalue weighted by atomic mass is 10.0. The maximum absolute atomic E-state index is 13.9. The van der Waals surface area contributed by atoms with Gasteiger partial charge in [-0.25, -0.2) is 8.42 Å². The molecule has 1 aliphatic heterocycles. The van der Waals surface area contributed by atoms with E-state index in [-0.39, 0.29) is 23.4 Å². The van der Waals surface area contributed by atoms with Crippen molar-refractivity contribution in [1.82, 2.24) is 4.90 Å². The molecule has 4 rings (SSSR count). The summed E-state index contributed by atoms with van der Waals surface area (Å²) in [6.07, 6.45) is 3.04. The number of hydrogen-bond acceptors (Lipinski definition) is 4.